The molecule has 1 saturated heterocycles. The lowest BCUT2D eigenvalue weighted by Crippen LogP contribution is -2.48. The standard InChI is InChI=1S/C19H17BrClFN4O3/c1-29-14-4-2-3-13(22)16(14)11-9-15-23-17(20)18(26(15)10-12(11)21)24-5-7-25(8-6-24)19(27)28/h2-4,9-10H,5-8H2,1H3,(H,27,28). The molecule has 10 heteroatoms. The fourth-order valence-corrected chi connectivity index (χ4v) is 4.41. The highest BCUT2D eigenvalue weighted by Gasteiger charge is 2.26. The lowest BCUT2D eigenvalue weighted by atomic mass is 10.0. The molecule has 1 amide bonds. The van der Waals surface area contributed by atoms with Crippen molar-refractivity contribution in [3.8, 4) is 16.9 Å². The van der Waals surface area contributed by atoms with Gasteiger partial charge in [-0.2, -0.15) is 0 Å². The summed E-state index contributed by atoms with van der Waals surface area (Å²) in [5.41, 5.74) is 1.34. The van der Waals surface area contributed by atoms with Crippen molar-refractivity contribution >= 4 is 45.1 Å². The Hall–Kier alpha value is -2.52. The number of hydrogen-bond donors (Lipinski definition) is 1. The fourth-order valence-electron chi connectivity index (χ4n) is 3.54. The molecule has 0 atom stereocenters. The molecule has 0 aliphatic carbocycles. The SMILES string of the molecule is COc1cccc(F)c1-c1cc2nc(Br)c(N3CCN(C(=O)O)CC3)n2cc1Cl. The second-order valence-electron chi connectivity index (χ2n) is 6.56. The number of pyridine rings is 1. The molecule has 3 heterocycles. The number of hydrogen-bond acceptors (Lipinski definition) is 4. The zero-order valence-electron chi connectivity index (χ0n) is 15.4. The molecule has 4 rings (SSSR count). The molecule has 0 radical (unpaired) electrons. The zero-order chi connectivity index (χ0) is 20.7. The third-order valence-corrected chi connectivity index (χ3v) is 5.79. The molecule has 1 fully saturated rings. The number of amides is 1. The molecular weight excluding hydrogens is 467 g/mol. The normalized spacial score (nSPS) is 14.5. The first-order valence-corrected chi connectivity index (χ1v) is 10.0. The smallest absolute Gasteiger partial charge is 0.407 e. The molecule has 1 aromatic carbocycles. The summed E-state index contributed by atoms with van der Waals surface area (Å²) < 4.78 is 22.3. The van der Waals surface area contributed by atoms with Crippen LogP contribution in [0.5, 0.6) is 5.75 Å². The maximum Gasteiger partial charge on any atom is 0.407 e. The number of carbonyl (C=O) groups is 1. The van der Waals surface area contributed by atoms with Gasteiger partial charge in [0.15, 0.2) is 0 Å². The fraction of sp³-hybridized carbons (Fsp3) is 0.263. The average molecular weight is 484 g/mol. The van der Waals surface area contributed by atoms with Crippen LogP contribution in [-0.2, 0) is 0 Å². The number of benzene rings is 1. The predicted octanol–water partition coefficient (Wildman–Crippen LogP) is 4.36. The van der Waals surface area contributed by atoms with Gasteiger partial charge in [0.25, 0.3) is 0 Å². The molecule has 1 aliphatic heterocycles. The van der Waals surface area contributed by atoms with Crippen LogP contribution in [0, 0.1) is 5.82 Å². The Morgan fingerprint density at radius 1 is 1.31 bits per heavy atom. The first-order valence-electron chi connectivity index (χ1n) is 8.83. The maximum atomic E-state index is 14.5. The van der Waals surface area contributed by atoms with Gasteiger partial charge in [0.1, 0.15) is 27.6 Å². The molecular formula is C19H17BrClFN4O3. The molecule has 3 aromatic rings. The van der Waals surface area contributed by atoms with E-state index in [9.17, 15) is 9.18 Å². The first-order chi connectivity index (χ1) is 13.9. The van der Waals surface area contributed by atoms with Crippen LogP contribution in [0.1, 0.15) is 0 Å². The molecule has 7 nitrogen and oxygen atoms in total. The number of rotatable bonds is 3. The highest BCUT2D eigenvalue weighted by atomic mass is 79.9. The summed E-state index contributed by atoms with van der Waals surface area (Å²) in [4.78, 5) is 19.1. The monoisotopic (exact) mass is 482 g/mol. The number of halogens is 3. The topological polar surface area (TPSA) is 70.3 Å². The van der Waals surface area contributed by atoms with Crippen molar-refractivity contribution in [2.24, 2.45) is 0 Å². The highest BCUT2D eigenvalue weighted by molar-refractivity contribution is 9.10. The second kappa shape index (κ2) is 7.72. The van der Waals surface area contributed by atoms with Crippen LogP contribution in [0.25, 0.3) is 16.8 Å². The van der Waals surface area contributed by atoms with Crippen LogP contribution in [-0.4, -0.2) is 58.8 Å². The van der Waals surface area contributed by atoms with Crippen LogP contribution >= 0.6 is 27.5 Å². The van der Waals surface area contributed by atoms with Gasteiger partial charge in [-0.1, -0.05) is 17.7 Å². The Balaban J connectivity index is 1.78. The molecule has 152 valence electrons. The summed E-state index contributed by atoms with van der Waals surface area (Å²) in [6.07, 6.45) is 0.766. The van der Waals surface area contributed by atoms with Gasteiger partial charge < -0.3 is 19.6 Å². The number of piperazine rings is 1. The van der Waals surface area contributed by atoms with Gasteiger partial charge in [0.2, 0.25) is 0 Å². The van der Waals surface area contributed by atoms with E-state index in [1.54, 1.807) is 24.4 Å². The van der Waals surface area contributed by atoms with Crippen molar-refractivity contribution in [3.05, 3.63) is 45.9 Å². The Bertz CT molecular complexity index is 1100. The van der Waals surface area contributed by atoms with Crippen molar-refractivity contribution in [1.82, 2.24) is 14.3 Å². The van der Waals surface area contributed by atoms with Crippen LogP contribution in [0.4, 0.5) is 15.0 Å². The van der Waals surface area contributed by atoms with E-state index in [0.29, 0.717) is 52.8 Å². The first kappa shape index (κ1) is 19.8. The minimum Gasteiger partial charge on any atom is -0.496 e. The number of anilines is 1. The Morgan fingerprint density at radius 3 is 2.69 bits per heavy atom. The third-order valence-electron chi connectivity index (χ3n) is 4.96. The van der Waals surface area contributed by atoms with E-state index < -0.39 is 11.9 Å². The van der Waals surface area contributed by atoms with Crippen LogP contribution < -0.4 is 9.64 Å². The average Bonchev–Trinajstić information content (AvgIpc) is 3.02. The van der Waals surface area contributed by atoms with Crippen LogP contribution in [0.3, 0.4) is 0 Å². The summed E-state index contributed by atoms with van der Waals surface area (Å²) in [7, 11) is 1.48. The summed E-state index contributed by atoms with van der Waals surface area (Å²) in [5.74, 6) is 0.720. The summed E-state index contributed by atoms with van der Waals surface area (Å²) in [5, 5.41) is 9.49. The number of methoxy groups -OCH3 is 1. The number of aromatic nitrogens is 2. The molecule has 0 saturated carbocycles. The molecule has 1 aliphatic rings. The van der Waals surface area contributed by atoms with Crippen LogP contribution in [0.15, 0.2) is 35.1 Å². The number of fused-ring (bicyclic) bond motifs is 1. The Morgan fingerprint density at radius 2 is 2.03 bits per heavy atom. The molecule has 2 aromatic heterocycles. The molecule has 0 bridgehead atoms. The number of ether oxygens (including phenoxy) is 1. The van der Waals surface area contributed by atoms with Gasteiger partial charge in [-0.15, -0.1) is 0 Å². The van der Waals surface area contributed by atoms with Crippen molar-refractivity contribution < 1.29 is 19.0 Å². The number of carboxylic acid groups (broad SMARTS) is 1. The molecule has 0 unspecified atom stereocenters. The Kier molecular flexibility index (Phi) is 5.26. The summed E-state index contributed by atoms with van der Waals surface area (Å²) in [6, 6.07) is 6.32. The van der Waals surface area contributed by atoms with Crippen LogP contribution in [0.2, 0.25) is 5.02 Å². The summed E-state index contributed by atoms with van der Waals surface area (Å²) >= 11 is 10.0. The highest BCUT2D eigenvalue weighted by Crippen LogP contribution is 2.39. The zero-order valence-corrected chi connectivity index (χ0v) is 17.7. The van der Waals surface area contributed by atoms with E-state index in [1.165, 1.54) is 18.1 Å². The molecule has 29 heavy (non-hydrogen) atoms. The number of imidazole rings is 1. The van der Waals surface area contributed by atoms with Crippen molar-refractivity contribution in [3.63, 3.8) is 0 Å². The lowest BCUT2D eigenvalue weighted by Gasteiger charge is -2.34. The van der Waals surface area contributed by atoms with E-state index in [4.69, 9.17) is 21.4 Å². The van der Waals surface area contributed by atoms with E-state index >= 15 is 0 Å². The summed E-state index contributed by atoms with van der Waals surface area (Å²) in [6.45, 7) is 1.85. The van der Waals surface area contributed by atoms with E-state index in [1.807, 2.05) is 9.30 Å². The maximum absolute atomic E-state index is 14.5. The number of nitrogens with zero attached hydrogens (tertiary/aromatic N) is 4. The minimum atomic E-state index is -0.923. The Labute approximate surface area is 179 Å². The predicted molar refractivity (Wildman–Crippen MR) is 112 cm³/mol. The largest absolute Gasteiger partial charge is 0.496 e. The van der Waals surface area contributed by atoms with Crippen molar-refractivity contribution in [1.29, 1.82) is 0 Å². The quantitative estimate of drug-likeness (QED) is 0.599. The van der Waals surface area contributed by atoms with Gasteiger partial charge in [-0.25, -0.2) is 14.2 Å². The van der Waals surface area contributed by atoms with Gasteiger partial charge in [0.05, 0.1) is 17.7 Å². The third kappa shape index (κ3) is 3.49. The van der Waals surface area contributed by atoms with Crippen molar-refractivity contribution in [2.45, 2.75) is 0 Å². The van der Waals surface area contributed by atoms with Crippen molar-refractivity contribution in [2.75, 3.05) is 38.2 Å². The van der Waals surface area contributed by atoms with Gasteiger partial charge in [0, 0.05) is 37.9 Å². The van der Waals surface area contributed by atoms with E-state index in [-0.39, 0.29) is 5.56 Å². The lowest BCUT2D eigenvalue weighted by molar-refractivity contribution is 0.142. The molecule has 0 spiro atoms. The van der Waals surface area contributed by atoms with Gasteiger partial charge >= 0.3 is 6.09 Å². The van der Waals surface area contributed by atoms with Gasteiger partial charge in [-0.05, 0) is 34.1 Å². The second-order valence-corrected chi connectivity index (χ2v) is 7.72. The molecule has 1 N–H and O–H groups in total. The van der Waals surface area contributed by atoms with Gasteiger partial charge in [-0.3, -0.25) is 4.40 Å². The van der Waals surface area contributed by atoms with E-state index in [0.717, 1.165) is 5.82 Å². The van der Waals surface area contributed by atoms with E-state index in [2.05, 4.69) is 20.9 Å². The minimum absolute atomic E-state index is 0.276.